The molecule has 1 aliphatic heterocycles. The highest BCUT2D eigenvalue weighted by molar-refractivity contribution is 4.95. The molecule has 3 saturated carbocycles. The van der Waals surface area contributed by atoms with E-state index in [-0.39, 0.29) is 6.29 Å². The van der Waals surface area contributed by atoms with Gasteiger partial charge in [0.15, 0.2) is 6.29 Å². The quantitative estimate of drug-likeness (QED) is 0.380. The summed E-state index contributed by atoms with van der Waals surface area (Å²) in [6.45, 7) is 3.78. The van der Waals surface area contributed by atoms with Gasteiger partial charge in [-0.1, -0.05) is 13.0 Å². The van der Waals surface area contributed by atoms with Crippen LogP contribution in [0.5, 0.6) is 0 Å². The van der Waals surface area contributed by atoms with Crippen LogP contribution in [0.3, 0.4) is 0 Å². The molecule has 0 unspecified atom stereocenters. The van der Waals surface area contributed by atoms with Gasteiger partial charge in [0.1, 0.15) is 0 Å². The highest BCUT2D eigenvalue weighted by Crippen LogP contribution is 2.46. The van der Waals surface area contributed by atoms with Crippen molar-refractivity contribution in [1.82, 2.24) is 0 Å². The standard InChI is InChI=1S/C28H44F2O2/c1-20-18-31-28(32-19-20)17-7-22-4-10-24(11-5-22)26-14-12-25(13-15-26)23-8-2-21(3-9-23)6-16-27(29)30/h7,16-17,20-26,28H,2-6,8-15,18-19H2,1H3/b17-7+. The molecule has 0 aromatic carbocycles. The summed E-state index contributed by atoms with van der Waals surface area (Å²) in [5.41, 5.74) is 0. The normalized spacial score (nSPS) is 41.5. The van der Waals surface area contributed by atoms with E-state index in [1.165, 1.54) is 64.2 Å². The lowest BCUT2D eigenvalue weighted by molar-refractivity contribution is -0.171. The molecule has 32 heavy (non-hydrogen) atoms. The van der Waals surface area contributed by atoms with Gasteiger partial charge in [-0.25, -0.2) is 0 Å². The maximum absolute atomic E-state index is 12.3. The molecule has 182 valence electrons. The van der Waals surface area contributed by atoms with Gasteiger partial charge in [0.2, 0.25) is 0 Å². The molecule has 1 heterocycles. The van der Waals surface area contributed by atoms with Crippen molar-refractivity contribution in [3.63, 3.8) is 0 Å². The maximum Gasteiger partial charge on any atom is 0.266 e. The number of ether oxygens (including phenoxy) is 2. The largest absolute Gasteiger partial charge is 0.349 e. The van der Waals surface area contributed by atoms with Crippen LogP contribution >= 0.6 is 0 Å². The predicted octanol–water partition coefficient (Wildman–Crippen LogP) is 8.14. The van der Waals surface area contributed by atoms with Crippen molar-refractivity contribution in [2.45, 2.75) is 96.7 Å². The van der Waals surface area contributed by atoms with Crippen molar-refractivity contribution in [3.8, 4) is 0 Å². The molecule has 0 atom stereocenters. The van der Waals surface area contributed by atoms with Crippen molar-refractivity contribution in [3.05, 3.63) is 24.3 Å². The lowest BCUT2D eigenvalue weighted by Crippen LogP contribution is -2.30. The summed E-state index contributed by atoms with van der Waals surface area (Å²) in [5.74, 6) is 5.34. The molecule has 4 fully saturated rings. The Balaban J connectivity index is 1.12. The Bertz CT molecular complexity index is 597. The molecular weight excluding hydrogens is 406 g/mol. The second kappa shape index (κ2) is 12.1. The van der Waals surface area contributed by atoms with E-state index in [4.69, 9.17) is 9.47 Å². The zero-order valence-corrected chi connectivity index (χ0v) is 20.0. The van der Waals surface area contributed by atoms with E-state index in [1.807, 2.05) is 0 Å². The van der Waals surface area contributed by atoms with E-state index in [9.17, 15) is 8.78 Å². The van der Waals surface area contributed by atoms with Crippen LogP contribution in [0.1, 0.15) is 90.4 Å². The molecule has 3 aliphatic carbocycles. The van der Waals surface area contributed by atoms with E-state index >= 15 is 0 Å². The molecule has 0 aromatic rings. The van der Waals surface area contributed by atoms with Crippen LogP contribution in [-0.2, 0) is 9.47 Å². The maximum atomic E-state index is 12.3. The first kappa shape index (κ1) is 24.4. The molecule has 0 radical (unpaired) electrons. The molecule has 4 aliphatic rings. The van der Waals surface area contributed by atoms with E-state index < -0.39 is 6.08 Å². The number of allylic oxidation sites excluding steroid dienone is 2. The highest BCUT2D eigenvalue weighted by Gasteiger charge is 2.34. The highest BCUT2D eigenvalue weighted by atomic mass is 19.3. The summed E-state index contributed by atoms with van der Waals surface area (Å²) in [6, 6.07) is 0. The number of halogens is 2. The first-order chi connectivity index (χ1) is 15.6. The molecule has 4 rings (SSSR count). The average molecular weight is 451 g/mol. The zero-order chi connectivity index (χ0) is 22.3. The minimum absolute atomic E-state index is 0.129. The Hall–Kier alpha value is -0.740. The van der Waals surface area contributed by atoms with Crippen molar-refractivity contribution in [2.75, 3.05) is 13.2 Å². The van der Waals surface area contributed by atoms with Gasteiger partial charge in [0.05, 0.1) is 13.2 Å². The van der Waals surface area contributed by atoms with Gasteiger partial charge >= 0.3 is 0 Å². The Kier molecular flexibility index (Phi) is 9.23. The minimum Gasteiger partial charge on any atom is -0.349 e. The third kappa shape index (κ3) is 7.13. The number of rotatable bonds is 6. The first-order valence-electron chi connectivity index (χ1n) is 13.5. The second-order valence-corrected chi connectivity index (χ2v) is 11.4. The third-order valence-corrected chi connectivity index (χ3v) is 9.09. The van der Waals surface area contributed by atoms with Crippen molar-refractivity contribution in [2.24, 2.45) is 41.4 Å². The molecule has 0 bridgehead atoms. The monoisotopic (exact) mass is 450 g/mol. The summed E-state index contributed by atoms with van der Waals surface area (Å²) in [6.07, 6.45) is 20.5. The van der Waals surface area contributed by atoms with E-state index in [1.54, 1.807) is 0 Å². The van der Waals surface area contributed by atoms with Crippen LogP contribution < -0.4 is 0 Å². The summed E-state index contributed by atoms with van der Waals surface area (Å²) in [4.78, 5) is 0. The van der Waals surface area contributed by atoms with Gasteiger partial charge in [0.25, 0.3) is 6.08 Å². The molecule has 2 nitrogen and oxygen atoms in total. The van der Waals surface area contributed by atoms with Crippen LogP contribution in [0.2, 0.25) is 0 Å². The topological polar surface area (TPSA) is 18.5 Å². The van der Waals surface area contributed by atoms with Gasteiger partial charge in [0, 0.05) is 5.92 Å². The Morgan fingerprint density at radius 1 is 0.688 bits per heavy atom. The number of hydrogen-bond donors (Lipinski definition) is 0. The summed E-state index contributed by atoms with van der Waals surface area (Å²) in [7, 11) is 0. The van der Waals surface area contributed by atoms with Crippen LogP contribution in [0, 0.1) is 41.4 Å². The third-order valence-electron chi connectivity index (χ3n) is 9.09. The van der Waals surface area contributed by atoms with Crippen molar-refractivity contribution >= 4 is 0 Å². The van der Waals surface area contributed by atoms with Crippen molar-refractivity contribution < 1.29 is 18.3 Å². The molecule has 0 N–H and O–H groups in total. The van der Waals surface area contributed by atoms with Gasteiger partial charge in [-0.2, -0.15) is 8.78 Å². The van der Waals surface area contributed by atoms with Gasteiger partial charge in [-0.05, 0) is 131 Å². The smallest absolute Gasteiger partial charge is 0.266 e. The summed E-state index contributed by atoms with van der Waals surface area (Å²) >= 11 is 0. The lowest BCUT2D eigenvalue weighted by Gasteiger charge is -2.41. The Morgan fingerprint density at radius 2 is 1.16 bits per heavy atom. The molecule has 4 heteroatoms. The minimum atomic E-state index is -1.50. The molecular formula is C28H44F2O2. The average Bonchev–Trinajstić information content (AvgIpc) is 2.83. The second-order valence-electron chi connectivity index (χ2n) is 11.4. The van der Waals surface area contributed by atoms with Crippen LogP contribution in [0.25, 0.3) is 0 Å². The molecule has 0 spiro atoms. The van der Waals surface area contributed by atoms with Crippen molar-refractivity contribution in [1.29, 1.82) is 0 Å². The fourth-order valence-corrected chi connectivity index (χ4v) is 7.02. The predicted molar refractivity (Wildman–Crippen MR) is 125 cm³/mol. The van der Waals surface area contributed by atoms with E-state index in [0.29, 0.717) is 24.2 Å². The molecule has 1 saturated heterocycles. The number of hydrogen-bond acceptors (Lipinski definition) is 2. The molecule has 0 aromatic heterocycles. The van der Waals surface area contributed by atoms with Crippen LogP contribution in [0.15, 0.2) is 24.3 Å². The Morgan fingerprint density at radius 3 is 1.66 bits per heavy atom. The van der Waals surface area contributed by atoms with E-state index in [0.717, 1.165) is 55.8 Å². The first-order valence-corrected chi connectivity index (χ1v) is 13.5. The van der Waals surface area contributed by atoms with Gasteiger partial charge in [-0.15, -0.1) is 0 Å². The van der Waals surface area contributed by atoms with E-state index in [2.05, 4.69) is 19.1 Å². The van der Waals surface area contributed by atoms with Gasteiger partial charge < -0.3 is 9.47 Å². The molecule has 0 amide bonds. The SMILES string of the molecule is CC1COC(/C=C/C2CCC(C3CCC(C4CCC(CC=C(F)F)CC4)CC3)CC2)OC1. The van der Waals surface area contributed by atoms with Gasteiger partial charge in [-0.3, -0.25) is 0 Å². The van der Waals surface area contributed by atoms with Crippen LogP contribution in [-0.4, -0.2) is 19.5 Å². The van der Waals surface area contributed by atoms with Crippen LogP contribution in [0.4, 0.5) is 8.78 Å². The fourth-order valence-electron chi connectivity index (χ4n) is 7.02. The summed E-state index contributed by atoms with van der Waals surface area (Å²) in [5, 5.41) is 0. The zero-order valence-electron chi connectivity index (χ0n) is 20.0. The lowest BCUT2D eigenvalue weighted by atomic mass is 9.65. The summed E-state index contributed by atoms with van der Waals surface area (Å²) < 4.78 is 36.2. The Labute approximate surface area is 194 Å². The fraction of sp³-hybridized carbons (Fsp3) is 0.857.